The van der Waals surface area contributed by atoms with Crippen molar-refractivity contribution in [2.24, 2.45) is 0 Å². The number of thioether (sulfide) groups is 1. The molecule has 2 aromatic rings. The number of ether oxygens (including phenoxy) is 3. The van der Waals surface area contributed by atoms with E-state index in [4.69, 9.17) is 37.4 Å². The first-order chi connectivity index (χ1) is 13.0. The molecule has 1 atom stereocenters. The monoisotopic (exact) mass is 424 g/mol. The number of hydrogen-bond acceptors (Lipinski definition) is 6. The molecule has 2 heterocycles. The third kappa shape index (κ3) is 3.76. The molecule has 0 spiro atoms. The maximum absolute atomic E-state index is 12.3. The summed E-state index contributed by atoms with van der Waals surface area (Å²) in [5, 5.41) is 7.11. The van der Waals surface area contributed by atoms with Crippen LogP contribution in [0.5, 0.6) is 17.2 Å². The van der Waals surface area contributed by atoms with Crippen LogP contribution in [-0.4, -0.2) is 25.3 Å². The number of hydrogen-bond donors (Lipinski definition) is 2. The molecule has 0 aromatic heterocycles. The van der Waals surface area contributed by atoms with Crippen LogP contribution in [0.4, 0.5) is 5.69 Å². The minimum Gasteiger partial charge on any atom is -0.495 e. The van der Waals surface area contributed by atoms with Crippen LogP contribution in [0.3, 0.4) is 0 Å². The standard InChI is InChI=1S/C18H14Cl2N2O4S/c1-24-13-3-2-10(19)6-12(13)21-18-22-17(23)16(27-18)5-9-4-14-15(7-11(9)20)26-8-25-14/h2-7,18,21H,8H2,1H3,(H,22,23)/b16-5-. The highest BCUT2D eigenvalue weighted by Gasteiger charge is 2.28. The van der Waals surface area contributed by atoms with Gasteiger partial charge in [0.15, 0.2) is 17.0 Å². The maximum atomic E-state index is 12.3. The highest BCUT2D eigenvalue weighted by Crippen LogP contribution is 2.39. The number of fused-ring (bicyclic) bond motifs is 1. The summed E-state index contributed by atoms with van der Waals surface area (Å²) in [6.45, 7) is 0.161. The molecule has 2 N–H and O–H groups in total. The van der Waals surface area contributed by atoms with Crippen molar-refractivity contribution < 1.29 is 19.0 Å². The number of nitrogens with one attached hydrogen (secondary N) is 2. The van der Waals surface area contributed by atoms with Crippen molar-refractivity contribution in [3.8, 4) is 17.2 Å². The molecular formula is C18H14Cl2N2O4S. The molecule has 0 aliphatic carbocycles. The van der Waals surface area contributed by atoms with Gasteiger partial charge in [0.1, 0.15) is 5.75 Å². The molecule has 1 saturated heterocycles. The number of rotatable bonds is 4. The summed E-state index contributed by atoms with van der Waals surface area (Å²) >= 11 is 13.7. The lowest BCUT2D eigenvalue weighted by atomic mass is 10.2. The Labute approximate surface area is 169 Å². The first kappa shape index (κ1) is 18.2. The molecule has 6 nitrogen and oxygen atoms in total. The molecule has 2 aliphatic rings. The Morgan fingerprint density at radius 2 is 2.04 bits per heavy atom. The Hall–Kier alpha value is -2.22. The first-order valence-corrected chi connectivity index (χ1v) is 9.55. The third-order valence-corrected chi connectivity index (χ3v) is 5.55. The van der Waals surface area contributed by atoms with E-state index in [9.17, 15) is 4.79 Å². The van der Waals surface area contributed by atoms with Crippen LogP contribution in [0.2, 0.25) is 10.0 Å². The molecule has 27 heavy (non-hydrogen) atoms. The number of anilines is 1. The van der Waals surface area contributed by atoms with E-state index in [1.807, 2.05) is 0 Å². The summed E-state index contributed by atoms with van der Waals surface area (Å²) in [4.78, 5) is 12.9. The van der Waals surface area contributed by atoms with Crippen LogP contribution in [0.25, 0.3) is 6.08 Å². The van der Waals surface area contributed by atoms with Crippen molar-refractivity contribution in [1.29, 1.82) is 0 Å². The minimum atomic E-state index is -0.371. The van der Waals surface area contributed by atoms with E-state index < -0.39 is 0 Å². The Kier molecular flexibility index (Phi) is 4.99. The van der Waals surface area contributed by atoms with Crippen LogP contribution in [0.15, 0.2) is 35.2 Å². The zero-order valence-corrected chi connectivity index (χ0v) is 16.4. The van der Waals surface area contributed by atoms with E-state index in [1.165, 1.54) is 11.8 Å². The van der Waals surface area contributed by atoms with Gasteiger partial charge in [0, 0.05) is 11.1 Å². The summed E-state index contributed by atoms with van der Waals surface area (Å²) in [6.07, 6.45) is 1.72. The third-order valence-electron chi connectivity index (χ3n) is 3.96. The zero-order chi connectivity index (χ0) is 19.0. The second-order valence-corrected chi connectivity index (χ2v) is 7.69. The van der Waals surface area contributed by atoms with E-state index in [0.29, 0.717) is 43.4 Å². The average Bonchev–Trinajstić information content (AvgIpc) is 3.21. The van der Waals surface area contributed by atoms with E-state index in [1.54, 1.807) is 43.5 Å². The second kappa shape index (κ2) is 7.42. The molecule has 1 unspecified atom stereocenters. The topological polar surface area (TPSA) is 68.8 Å². The van der Waals surface area contributed by atoms with Crippen molar-refractivity contribution in [1.82, 2.24) is 5.32 Å². The predicted molar refractivity (Wildman–Crippen MR) is 107 cm³/mol. The summed E-state index contributed by atoms with van der Waals surface area (Å²) in [5.74, 6) is 1.63. The zero-order valence-electron chi connectivity index (χ0n) is 14.0. The lowest BCUT2D eigenvalue weighted by molar-refractivity contribution is -0.116. The first-order valence-electron chi connectivity index (χ1n) is 7.92. The fourth-order valence-corrected chi connectivity index (χ4v) is 4.03. The van der Waals surface area contributed by atoms with Gasteiger partial charge in [0.05, 0.1) is 22.7 Å². The summed E-state index contributed by atoms with van der Waals surface area (Å²) in [7, 11) is 1.57. The van der Waals surface area contributed by atoms with Crippen LogP contribution in [0.1, 0.15) is 5.56 Å². The molecule has 1 fully saturated rings. The molecule has 0 saturated carbocycles. The molecule has 140 valence electrons. The van der Waals surface area contributed by atoms with Gasteiger partial charge >= 0.3 is 0 Å². The van der Waals surface area contributed by atoms with Crippen LogP contribution in [-0.2, 0) is 4.79 Å². The molecule has 0 bridgehead atoms. The average molecular weight is 425 g/mol. The fourth-order valence-electron chi connectivity index (χ4n) is 2.68. The number of methoxy groups -OCH3 is 1. The van der Waals surface area contributed by atoms with Gasteiger partial charge in [0.2, 0.25) is 6.79 Å². The van der Waals surface area contributed by atoms with E-state index in [0.717, 1.165) is 0 Å². The number of benzene rings is 2. The Morgan fingerprint density at radius 3 is 2.81 bits per heavy atom. The van der Waals surface area contributed by atoms with Gasteiger partial charge in [-0.25, -0.2) is 0 Å². The molecule has 9 heteroatoms. The van der Waals surface area contributed by atoms with Crippen LogP contribution < -0.4 is 24.8 Å². The van der Waals surface area contributed by atoms with E-state index >= 15 is 0 Å². The van der Waals surface area contributed by atoms with Gasteiger partial charge in [-0.1, -0.05) is 35.0 Å². The SMILES string of the molecule is COc1ccc(Cl)cc1NC1NC(=O)/C(=C/c2cc3c(cc2Cl)OCO3)S1. The molecular weight excluding hydrogens is 411 g/mol. The Bertz CT molecular complexity index is 951. The number of halogens is 2. The van der Waals surface area contributed by atoms with Gasteiger partial charge < -0.3 is 24.8 Å². The fraction of sp³-hybridized carbons (Fsp3) is 0.167. The van der Waals surface area contributed by atoms with Crippen molar-refractivity contribution in [3.05, 3.63) is 50.8 Å². The number of amides is 1. The molecule has 2 aromatic carbocycles. The second-order valence-electron chi connectivity index (χ2n) is 5.70. The van der Waals surface area contributed by atoms with Gasteiger partial charge in [0.25, 0.3) is 5.91 Å². The van der Waals surface area contributed by atoms with Gasteiger partial charge in [-0.3, -0.25) is 4.79 Å². The summed E-state index contributed by atoms with van der Waals surface area (Å²) in [5.41, 5.74) is 0.994. The predicted octanol–water partition coefficient (Wildman–Crippen LogP) is 4.33. The van der Waals surface area contributed by atoms with Crippen molar-refractivity contribution in [3.63, 3.8) is 0 Å². The quantitative estimate of drug-likeness (QED) is 0.711. The van der Waals surface area contributed by atoms with E-state index in [-0.39, 0.29) is 18.2 Å². The van der Waals surface area contributed by atoms with Crippen LogP contribution >= 0.6 is 35.0 Å². The summed E-state index contributed by atoms with van der Waals surface area (Å²) < 4.78 is 16.0. The van der Waals surface area contributed by atoms with E-state index in [2.05, 4.69) is 10.6 Å². The van der Waals surface area contributed by atoms with Crippen molar-refractivity contribution in [2.45, 2.75) is 5.50 Å². The highest BCUT2D eigenvalue weighted by molar-refractivity contribution is 8.05. The van der Waals surface area contributed by atoms with Gasteiger partial charge in [-0.2, -0.15) is 0 Å². The van der Waals surface area contributed by atoms with Crippen molar-refractivity contribution >= 4 is 52.6 Å². The normalized spacial score (nSPS) is 19.3. The lowest BCUT2D eigenvalue weighted by Gasteiger charge is -2.15. The Balaban J connectivity index is 1.55. The molecule has 1 amide bonds. The van der Waals surface area contributed by atoms with Crippen molar-refractivity contribution in [2.75, 3.05) is 19.2 Å². The van der Waals surface area contributed by atoms with Gasteiger partial charge in [-0.05, 0) is 35.9 Å². The smallest absolute Gasteiger partial charge is 0.260 e. The largest absolute Gasteiger partial charge is 0.495 e. The molecule has 2 aliphatic heterocycles. The number of carbonyl (C=O) groups is 1. The lowest BCUT2D eigenvalue weighted by Crippen LogP contribution is -2.31. The molecule has 0 radical (unpaired) electrons. The van der Waals surface area contributed by atoms with Crippen LogP contribution in [0, 0.1) is 0 Å². The minimum absolute atomic E-state index is 0.161. The van der Waals surface area contributed by atoms with Gasteiger partial charge in [-0.15, -0.1) is 0 Å². The summed E-state index contributed by atoms with van der Waals surface area (Å²) in [6, 6.07) is 8.67. The Morgan fingerprint density at radius 1 is 1.26 bits per heavy atom. The number of carbonyl (C=O) groups excluding carboxylic acids is 1. The highest BCUT2D eigenvalue weighted by atomic mass is 35.5. The molecule has 4 rings (SSSR count). The maximum Gasteiger partial charge on any atom is 0.260 e.